The molecule has 11 heteroatoms. The van der Waals surface area contributed by atoms with Gasteiger partial charge in [-0.15, -0.1) is 5.10 Å². The molecule has 166 valence electrons. The molecule has 0 amide bonds. The molecular formula is C20H23F3N6O2. The molecule has 0 spiro atoms. The lowest BCUT2D eigenvalue weighted by Crippen LogP contribution is -2.48. The number of piperidine rings is 1. The number of halogens is 3. The summed E-state index contributed by atoms with van der Waals surface area (Å²) in [6.45, 7) is 4.56. The third kappa shape index (κ3) is 3.77. The molecule has 1 saturated heterocycles. The number of ether oxygens (including phenoxy) is 1. The molecule has 2 fully saturated rings. The maximum Gasteiger partial charge on any atom is 0.425 e. The van der Waals surface area contributed by atoms with Crippen molar-refractivity contribution in [2.75, 3.05) is 23.3 Å². The predicted molar refractivity (Wildman–Crippen MR) is 106 cm³/mol. The Morgan fingerprint density at radius 3 is 2.65 bits per heavy atom. The number of nitrogens with zero attached hydrogens (tertiary/aromatic N) is 5. The molecule has 5 rings (SSSR count). The lowest BCUT2D eigenvalue weighted by molar-refractivity contribution is -0.189. The van der Waals surface area contributed by atoms with Crippen molar-refractivity contribution in [3.8, 4) is 5.75 Å². The summed E-state index contributed by atoms with van der Waals surface area (Å²) in [6, 6.07) is 5.19. The smallest absolute Gasteiger partial charge is 0.425 e. The first-order valence-electron chi connectivity index (χ1n) is 10.3. The van der Waals surface area contributed by atoms with Crippen LogP contribution in [0.4, 0.5) is 25.0 Å². The number of fused-ring (bicyclic) bond motifs is 3. The van der Waals surface area contributed by atoms with Crippen LogP contribution in [0.25, 0.3) is 5.65 Å². The summed E-state index contributed by atoms with van der Waals surface area (Å²) in [6.07, 6.45) is -2.59. The molecule has 8 nitrogen and oxygen atoms in total. The van der Waals surface area contributed by atoms with Crippen LogP contribution < -0.4 is 15.0 Å². The number of alkyl halides is 3. The predicted octanol–water partition coefficient (Wildman–Crippen LogP) is 3.68. The number of aromatic nitrogens is 4. The first-order chi connectivity index (χ1) is 14.8. The van der Waals surface area contributed by atoms with Gasteiger partial charge in [-0.2, -0.15) is 18.2 Å². The summed E-state index contributed by atoms with van der Waals surface area (Å²) < 4.78 is 50.7. The second-order valence-corrected chi connectivity index (χ2v) is 8.36. The van der Waals surface area contributed by atoms with Crippen molar-refractivity contribution in [1.82, 2.24) is 19.8 Å². The topological polar surface area (TPSA) is 80.7 Å². The standard InChI is InChI=1S/C20H23F3N6O2/c1-11-8-16(31-27-11)28-9-13-5-6-14(10-28)17(13)24-19-25-18-15(4-3-7-29(18)26-19)30-12(2)20(21,22)23/h3-4,7-8,12-14,17H,5-6,9-10H2,1-2H3,(H,24,26). The van der Waals surface area contributed by atoms with E-state index in [-0.39, 0.29) is 17.4 Å². The second-order valence-electron chi connectivity index (χ2n) is 8.36. The maximum atomic E-state index is 12.9. The van der Waals surface area contributed by atoms with Gasteiger partial charge < -0.3 is 19.5 Å². The Kier molecular flexibility index (Phi) is 4.71. The first kappa shape index (κ1) is 20.0. The summed E-state index contributed by atoms with van der Waals surface area (Å²) in [5, 5.41) is 11.8. The Balaban J connectivity index is 1.33. The fraction of sp³-hybridized carbons (Fsp3) is 0.550. The lowest BCUT2D eigenvalue weighted by atomic mass is 9.92. The number of rotatable bonds is 5. The summed E-state index contributed by atoms with van der Waals surface area (Å²) >= 11 is 0. The van der Waals surface area contributed by atoms with E-state index >= 15 is 0 Å². The molecule has 3 atom stereocenters. The van der Waals surface area contributed by atoms with Crippen LogP contribution in [0.3, 0.4) is 0 Å². The van der Waals surface area contributed by atoms with Crippen molar-refractivity contribution in [2.45, 2.75) is 45.0 Å². The Morgan fingerprint density at radius 2 is 2.00 bits per heavy atom. The van der Waals surface area contributed by atoms with Gasteiger partial charge in [0.1, 0.15) is 0 Å². The summed E-state index contributed by atoms with van der Waals surface area (Å²) in [5.74, 6) is 2.00. The number of hydrogen-bond acceptors (Lipinski definition) is 7. The zero-order valence-corrected chi connectivity index (χ0v) is 17.1. The van der Waals surface area contributed by atoms with E-state index in [0.29, 0.717) is 17.8 Å². The van der Waals surface area contributed by atoms with Crippen molar-refractivity contribution in [1.29, 1.82) is 0 Å². The SMILES string of the molecule is Cc1cc(N2CC3CCC(C2)C3Nc2nc3c(OC(C)C(F)(F)F)cccn3n2)on1. The van der Waals surface area contributed by atoms with Crippen LogP contribution in [-0.4, -0.2) is 51.2 Å². The van der Waals surface area contributed by atoms with Crippen LogP contribution in [0.5, 0.6) is 5.75 Å². The number of anilines is 2. The van der Waals surface area contributed by atoms with E-state index in [1.807, 2.05) is 13.0 Å². The molecule has 1 aliphatic heterocycles. The van der Waals surface area contributed by atoms with Gasteiger partial charge in [-0.05, 0) is 50.7 Å². The minimum Gasteiger partial charge on any atom is -0.477 e. The van der Waals surface area contributed by atoms with E-state index in [4.69, 9.17) is 9.26 Å². The molecule has 1 aliphatic carbocycles. The average molecular weight is 436 g/mol. The largest absolute Gasteiger partial charge is 0.477 e. The number of nitrogens with one attached hydrogen (secondary N) is 1. The molecule has 2 bridgehead atoms. The van der Waals surface area contributed by atoms with Gasteiger partial charge in [-0.25, -0.2) is 4.52 Å². The average Bonchev–Trinajstić information content (AvgIpc) is 3.38. The molecule has 31 heavy (non-hydrogen) atoms. The van der Waals surface area contributed by atoms with Gasteiger partial charge in [0.05, 0.1) is 5.69 Å². The van der Waals surface area contributed by atoms with Gasteiger partial charge in [0.25, 0.3) is 0 Å². The molecule has 1 saturated carbocycles. The quantitative estimate of drug-likeness (QED) is 0.654. The maximum absolute atomic E-state index is 12.9. The van der Waals surface area contributed by atoms with Gasteiger partial charge in [0.2, 0.25) is 11.8 Å². The van der Waals surface area contributed by atoms with Crippen LogP contribution >= 0.6 is 0 Å². The number of hydrogen-bond donors (Lipinski definition) is 1. The Bertz CT molecular complexity index is 1070. The molecule has 1 N–H and O–H groups in total. The van der Waals surface area contributed by atoms with E-state index in [1.54, 1.807) is 12.3 Å². The summed E-state index contributed by atoms with van der Waals surface area (Å²) in [7, 11) is 0. The normalized spacial score (nSPS) is 24.5. The zero-order valence-electron chi connectivity index (χ0n) is 17.1. The van der Waals surface area contributed by atoms with Crippen LogP contribution in [-0.2, 0) is 0 Å². The molecule has 2 aliphatic rings. The highest BCUT2D eigenvalue weighted by Gasteiger charge is 2.43. The van der Waals surface area contributed by atoms with Gasteiger partial charge in [0.15, 0.2) is 17.5 Å². The van der Waals surface area contributed by atoms with Crippen LogP contribution in [0, 0.1) is 18.8 Å². The van der Waals surface area contributed by atoms with Gasteiger partial charge in [-0.3, -0.25) is 0 Å². The van der Waals surface area contributed by atoms with Gasteiger partial charge in [-0.1, -0.05) is 5.16 Å². The fourth-order valence-electron chi connectivity index (χ4n) is 4.58. The molecular weight excluding hydrogens is 413 g/mol. The van der Waals surface area contributed by atoms with Crippen molar-refractivity contribution in [3.05, 3.63) is 30.1 Å². The molecule has 3 aromatic rings. The molecule has 3 aromatic heterocycles. The van der Waals surface area contributed by atoms with Crippen molar-refractivity contribution in [2.24, 2.45) is 11.8 Å². The van der Waals surface area contributed by atoms with E-state index in [9.17, 15) is 13.2 Å². The third-order valence-corrected chi connectivity index (χ3v) is 6.15. The highest BCUT2D eigenvalue weighted by molar-refractivity contribution is 5.56. The third-order valence-electron chi connectivity index (χ3n) is 6.15. The first-order valence-corrected chi connectivity index (χ1v) is 10.3. The van der Waals surface area contributed by atoms with Crippen molar-refractivity contribution >= 4 is 17.5 Å². The van der Waals surface area contributed by atoms with Gasteiger partial charge >= 0.3 is 6.18 Å². The van der Waals surface area contributed by atoms with Crippen molar-refractivity contribution in [3.63, 3.8) is 0 Å². The van der Waals surface area contributed by atoms with E-state index < -0.39 is 12.3 Å². The zero-order chi connectivity index (χ0) is 21.8. The van der Waals surface area contributed by atoms with E-state index in [2.05, 4.69) is 25.5 Å². The Labute approximate surface area is 176 Å². The summed E-state index contributed by atoms with van der Waals surface area (Å²) in [5.41, 5.74) is 1.11. The molecule has 0 radical (unpaired) electrons. The van der Waals surface area contributed by atoms with Crippen LogP contribution in [0.1, 0.15) is 25.5 Å². The van der Waals surface area contributed by atoms with Crippen molar-refractivity contribution < 1.29 is 22.4 Å². The summed E-state index contributed by atoms with van der Waals surface area (Å²) in [4.78, 5) is 6.65. The van der Waals surface area contributed by atoms with Crippen LogP contribution in [0.15, 0.2) is 28.9 Å². The highest BCUT2D eigenvalue weighted by atomic mass is 19.4. The number of pyridine rings is 1. The Hall–Kier alpha value is -2.98. The molecule has 3 unspecified atom stereocenters. The second kappa shape index (κ2) is 7.31. The van der Waals surface area contributed by atoms with Crippen LogP contribution in [0.2, 0.25) is 0 Å². The fourth-order valence-corrected chi connectivity index (χ4v) is 4.58. The minimum atomic E-state index is -4.46. The van der Waals surface area contributed by atoms with Gasteiger partial charge in [0, 0.05) is 31.4 Å². The lowest BCUT2D eigenvalue weighted by Gasteiger charge is -2.37. The van der Waals surface area contributed by atoms with E-state index in [0.717, 1.165) is 44.4 Å². The Morgan fingerprint density at radius 1 is 1.26 bits per heavy atom. The number of aryl methyl sites for hydroxylation is 1. The molecule has 4 heterocycles. The monoisotopic (exact) mass is 436 g/mol. The highest BCUT2D eigenvalue weighted by Crippen LogP contribution is 2.40. The molecule has 0 aromatic carbocycles. The minimum absolute atomic E-state index is 0.0476. The van der Waals surface area contributed by atoms with E-state index in [1.165, 1.54) is 10.6 Å².